The number of thioether (sulfide) groups is 1. The summed E-state index contributed by atoms with van der Waals surface area (Å²) in [5.41, 5.74) is 9.04. The van der Waals surface area contributed by atoms with Crippen molar-refractivity contribution in [2.45, 2.75) is 38.8 Å². The molecule has 0 aromatic carbocycles. The number of hydrogen-bond donors (Lipinski definition) is 3. The third-order valence-corrected chi connectivity index (χ3v) is 3.72. The van der Waals surface area contributed by atoms with Crippen LogP contribution in [0.4, 0.5) is 0 Å². The summed E-state index contributed by atoms with van der Waals surface area (Å²) in [5, 5.41) is 9.83. The van der Waals surface area contributed by atoms with Gasteiger partial charge in [0.15, 0.2) is 0 Å². The van der Waals surface area contributed by atoms with Crippen LogP contribution in [-0.2, 0) is 9.53 Å². The molecule has 0 radical (unpaired) electrons. The lowest BCUT2D eigenvalue weighted by Gasteiger charge is -2.32. The van der Waals surface area contributed by atoms with Crippen LogP contribution in [0.2, 0.25) is 0 Å². The number of carbonyl (C=O) groups is 1. The Labute approximate surface area is 118 Å². The number of hydrogen-bond acceptors (Lipinski definition) is 6. The van der Waals surface area contributed by atoms with Crippen molar-refractivity contribution in [1.82, 2.24) is 10.4 Å². The Morgan fingerprint density at radius 2 is 2.26 bits per heavy atom. The molecule has 0 saturated carbocycles. The van der Waals surface area contributed by atoms with Crippen LogP contribution in [-0.4, -0.2) is 53.6 Å². The topological polar surface area (TPSA) is 91.4 Å². The number of amides is 1. The van der Waals surface area contributed by atoms with Gasteiger partial charge in [0.25, 0.3) is 5.91 Å². The molecule has 4 N–H and O–H groups in total. The highest BCUT2D eigenvalue weighted by molar-refractivity contribution is 8.13. The van der Waals surface area contributed by atoms with E-state index in [1.807, 2.05) is 13.8 Å². The average Bonchev–Trinajstić information content (AvgIpc) is 2.44. The van der Waals surface area contributed by atoms with Crippen molar-refractivity contribution in [1.29, 1.82) is 5.41 Å². The molecule has 2 atom stereocenters. The zero-order valence-corrected chi connectivity index (χ0v) is 12.5. The second-order valence-electron chi connectivity index (χ2n) is 4.30. The lowest BCUT2D eigenvalue weighted by atomic mass is 10.1. The zero-order valence-electron chi connectivity index (χ0n) is 11.6. The third kappa shape index (κ3) is 4.76. The molecule has 1 saturated heterocycles. The van der Waals surface area contributed by atoms with Gasteiger partial charge in [-0.3, -0.25) is 15.2 Å². The van der Waals surface area contributed by atoms with Crippen LogP contribution < -0.4 is 11.2 Å². The van der Waals surface area contributed by atoms with E-state index in [2.05, 4.69) is 5.43 Å². The van der Waals surface area contributed by atoms with Crippen LogP contribution in [0, 0.1) is 5.41 Å². The molecule has 1 fully saturated rings. The van der Waals surface area contributed by atoms with Gasteiger partial charge < -0.3 is 10.5 Å². The first-order valence-corrected chi connectivity index (χ1v) is 7.73. The smallest absolute Gasteiger partial charge is 0.256 e. The molecule has 0 aliphatic carbocycles. The van der Waals surface area contributed by atoms with Crippen molar-refractivity contribution in [2.24, 2.45) is 5.73 Å². The molecule has 0 spiro atoms. The van der Waals surface area contributed by atoms with Crippen LogP contribution in [0.5, 0.6) is 0 Å². The van der Waals surface area contributed by atoms with Crippen molar-refractivity contribution in [3.05, 3.63) is 0 Å². The van der Waals surface area contributed by atoms with Crippen molar-refractivity contribution < 1.29 is 9.53 Å². The molecule has 1 amide bonds. The standard InChI is InChI=1S/C12H24N4O2S/c1-3-18-10(11(14)19-4-2)9(13)12(17)16-8-6-5-7-15-16/h9-10,14-15H,3-8,13H2,1-2H3/t9-,10-/m0/s1. The number of nitrogens with two attached hydrogens (primary N) is 1. The maximum atomic E-state index is 12.3. The van der Waals surface area contributed by atoms with Crippen LogP contribution in [0.15, 0.2) is 0 Å². The van der Waals surface area contributed by atoms with Gasteiger partial charge in [0, 0.05) is 19.7 Å². The molecule has 0 bridgehead atoms. The number of carbonyl (C=O) groups excluding carboxylic acids is 1. The Hall–Kier alpha value is -0.630. The van der Waals surface area contributed by atoms with Gasteiger partial charge in [-0.2, -0.15) is 0 Å². The summed E-state index contributed by atoms with van der Waals surface area (Å²) in [6.45, 7) is 5.69. The van der Waals surface area contributed by atoms with Crippen LogP contribution in [0.25, 0.3) is 0 Å². The molecular formula is C12H24N4O2S. The fourth-order valence-electron chi connectivity index (χ4n) is 1.95. The molecule has 0 aromatic heterocycles. The SMILES string of the molecule is CCO[C@H](C(=N)SCC)[C@H](N)C(=O)N1CCCCN1. The summed E-state index contributed by atoms with van der Waals surface area (Å²) in [4.78, 5) is 12.3. The van der Waals surface area contributed by atoms with E-state index in [9.17, 15) is 4.79 Å². The maximum Gasteiger partial charge on any atom is 0.256 e. The molecule has 1 heterocycles. The minimum Gasteiger partial charge on any atom is -0.369 e. The quantitative estimate of drug-likeness (QED) is 0.491. The van der Waals surface area contributed by atoms with Crippen molar-refractivity contribution in [3.63, 3.8) is 0 Å². The highest BCUT2D eigenvalue weighted by atomic mass is 32.2. The van der Waals surface area contributed by atoms with Crippen LogP contribution >= 0.6 is 11.8 Å². The highest BCUT2D eigenvalue weighted by Gasteiger charge is 2.32. The minimum absolute atomic E-state index is 0.195. The Morgan fingerprint density at radius 1 is 1.53 bits per heavy atom. The Bertz CT molecular complexity index is 308. The van der Waals surface area contributed by atoms with E-state index in [0.717, 1.165) is 25.1 Å². The molecule has 1 rings (SSSR count). The number of nitrogens with zero attached hydrogens (tertiary/aromatic N) is 1. The van der Waals surface area contributed by atoms with E-state index in [4.69, 9.17) is 15.9 Å². The van der Waals surface area contributed by atoms with E-state index in [1.54, 1.807) is 5.01 Å². The molecule has 0 aromatic rings. The van der Waals surface area contributed by atoms with Gasteiger partial charge in [-0.1, -0.05) is 6.92 Å². The maximum absolute atomic E-state index is 12.3. The van der Waals surface area contributed by atoms with E-state index in [1.165, 1.54) is 11.8 Å². The largest absolute Gasteiger partial charge is 0.369 e. The first kappa shape index (κ1) is 16.4. The molecule has 1 aliphatic rings. The van der Waals surface area contributed by atoms with Crippen molar-refractivity contribution in [2.75, 3.05) is 25.4 Å². The van der Waals surface area contributed by atoms with Gasteiger partial charge in [0.1, 0.15) is 12.1 Å². The normalized spacial score (nSPS) is 19.0. The first-order chi connectivity index (χ1) is 9.11. The minimum atomic E-state index is -0.822. The predicted octanol–water partition coefficient (Wildman–Crippen LogP) is 0.576. The summed E-state index contributed by atoms with van der Waals surface area (Å²) >= 11 is 1.36. The van der Waals surface area contributed by atoms with Gasteiger partial charge >= 0.3 is 0 Å². The van der Waals surface area contributed by atoms with E-state index < -0.39 is 12.1 Å². The number of nitrogens with one attached hydrogen (secondary N) is 2. The highest BCUT2D eigenvalue weighted by Crippen LogP contribution is 2.13. The van der Waals surface area contributed by atoms with Crippen LogP contribution in [0.1, 0.15) is 26.7 Å². The Balaban J connectivity index is 2.65. The average molecular weight is 288 g/mol. The predicted molar refractivity (Wildman–Crippen MR) is 78.2 cm³/mol. The summed E-state index contributed by atoms with van der Waals surface area (Å²) in [6, 6.07) is -0.822. The Kier molecular flexibility index (Phi) is 7.37. The molecule has 6 nitrogen and oxygen atoms in total. The molecule has 7 heteroatoms. The zero-order chi connectivity index (χ0) is 14.3. The summed E-state index contributed by atoms with van der Waals surface area (Å²) in [5.74, 6) is 0.574. The van der Waals surface area contributed by atoms with E-state index in [-0.39, 0.29) is 5.91 Å². The first-order valence-electron chi connectivity index (χ1n) is 6.75. The number of ether oxygens (including phenoxy) is 1. The lowest BCUT2D eigenvalue weighted by molar-refractivity contribution is -0.139. The van der Waals surface area contributed by atoms with Crippen molar-refractivity contribution >= 4 is 22.7 Å². The lowest BCUT2D eigenvalue weighted by Crippen LogP contribution is -2.58. The molecule has 0 unspecified atom stereocenters. The summed E-state index contributed by atoms with van der Waals surface area (Å²) in [7, 11) is 0. The van der Waals surface area contributed by atoms with Crippen molar-refractivity contribution in [3.8, 4) is 0 Å². The molecule has 1 aliphatic heterocycles. The van der Waals surface area contributed by atoms with Gasteiger partial charge in [0.2, 0.25) is 0 Å². The summed E-state index contributed by atoms with van der Waals surface area (Å²) < 4.78 is 5.48. The third-order valence-electron chi connectivity index (χ3n) is 2.89. The fourth-order valence-corrected chi connectivity index (χ4v) is 2.64. The van der Waals surface area contributed by atoms with Crippen LogP contribution in [0.3, 0.4) is 0 Å². The molecule has 110 valence electrons. The van der Waals surface area contributed by atoms with Gasteiger partial charge in [-0.15, -0.1) is 11.8 Å². The number of hydrazine groups is 1. The molecular weight excluding hydrogens is 264 g/mol. The second-order valence-corrected chi connectivity index (χ2v) is 5.61. The van der Waals surface area contributed by atoms with Gasteiger partial charge in [0.05, 0.1) is 5.04 Å². The monoisotopic (exact) mass is 288 g/mol. The van der Waals surface area contributed by atoms with E-state index >= 15 is 0 Å². The fraction of sp³-hybridized carbons (Fsp3) is 0.833. The molecule has 19 heavy (non-hydrogen) atoms. The van der Waals surface area contributed by atoms with E-state index in [0.29, 0.717) is 18.2 Å². The van der Waals surface area contributed by atoms with Gasteiger partial charge in [-0.25, -0.2) is 5.43 Å². The Morgan fingerprint density at radius 3 is 2.79 bits per heavy atom. The summed E-state index contributed by atoms with van der Waals surface area (Å²) in [6.07, 6.45) is 1.40. The second kappa shape index (κ2) is 8.52. The number of rotatable bonds is 6. The van der Waals surface area contributed by atoms with Gasteiger partial charge in [-0.05, 0) is 25.5 Å².